The van der Waals surface area contributed by atoms with Gasteiger partial charge < -0.3 is 9.84 Å². The fourth-order valence-corrected chi connectivity index (χ4v) is 2.19. The minimum Gasteiger partial charge on any atom is -0.439 e. The Hall–Kier alpha value is -1.60. The van der Waals surface area contributed by atoms with Gasteiger partial charge in [0.05, 0.1) is 5.69 Å². The molecule has 0 radical (unpaired) electrons. The molecule has 0 aromatic carbocycles. The third-order valence-corrected chi connectivity index (χ3v) is 2.94. The van der Waals surface area contributed by atoms with Crippen molar-refractivity contribution >= 4 is 17.6 Å². The number of anilines is 1. The van der Waals surface area contributed by atoms with Gasteiger partial charge in [0, 0.05) is 12.5 Å². The first kappa shape index (κ1) is 12.8. The number of aromatic nitrogens is 3. The molecule has 0 aliphatic rings. The van der Waals surface area contributed by atoms with Crippen LogP contribution in [0.5, 0.6) is 0 Å². The van der Waals surface area contributed by atoms with Crippen LogP contribution in [0.1, 0.15) is 24.9 Å². The molecule has 3 N–H and O–H groups in total. The Morgan fingerprint density at radius 1 is 1.39 bits per heavy atom. The molecule has 96 valence electrons. The molecule has 0 unspecified atom stereocenters. The van der Waals surface area contributed by atoms with Crippen molar-refractivity contribution in [3.8, 4) is 0 Å². The molecule has 2 rings (SSSR count). The van der Waals surface area contributed by atoms with Gasteiger partial charge in [-0.1, -0.05) is 6.92 Å². The topological polar surface area (TPSA) is 89.9 Å². The van der Waals surface area contributed by atoms with E-state index in [4.69, 9.17) is 10.3 Å². The van der Waals surface area contributed by atoms with Crippen LogP contribution in [0.2, 0.25) is 0 Å². The number of nitrogens with one attached hydrogen (secondary N) is 1. The lowest BCUT2D eigenvalue weighted by atomic mass is 10.3. The third kappa shape index (κ3) is 3.21. The highest BCUT2D eigenvalue weighted by Crippen LogP contribution is 2.26. The van der Waals surface area contributed by atoms with Crippen LogP contribution >= 0.6 is 11.8 Å². The van der Waals surface area contributed by atoms with Gasteiger partial charge in [-0.15, -0.1) is 0 Å². The summed E-state index contributed by atoms with van der Waals surface area (Å²) in [5.41, 5.74) is 3.39. The van der Waals surface area contributed by atoms with Crippen molar-refractivity contribution in [1.29, 1.82) is 0 Å². The monoisotopic (exact) mass is 265 g/mol. The maximum absolute atomic E-state index is 5.39. The molecule has 6 nitrogen and oxygen atoms in total. The van der Waals surface area contributed by atoms with E-state index in [9.17, 15) is 0 Å². The number of nitrogens with zero attached hydrogens (tertiary/aromatic N) is 3. The van der Waals surface area contributed by atoms with Crippen molar-refractivity contribution in [2.75, 3.05) is 5.43 Å². The first-order valence-electron chi connectivity index (χ1n) is 5.66. The fraction of sp³-hybridized carbons (Fsp3) is 0.364. The quantitative estimate of drug-likeness (QED) is 0.486. The largest absolute Gasteiger partial charge is 0.439 e. The molecule has 2 aromatic heterocycles. The number of oxazole rings is 1. The zero-order valence-corrected chi connectivity index (χ0v) is 11.1. The zero-order valence-electron chi connectivity index (χ0n) is 10.3. The van der Waals surface area contributed by atoms with E-state index in [1.165, 1.54) is 11.8 Å². The molecule has 7 heteroatoms. The number of hydrogen-bond donors (Lipinski definition) is 2. The van der Waals surface area contributed by atoms with E-state index in [0.717, 1.165) is 29.4 Å². The van der Waals surface area contributed by atoms with Gasteiger partial charge in [0.15, 0.2) is 0 Å². The van der Waals surface area contributed by atoms with E-state index in [2.05, 4.69) is 27.3 Å². The Bertz CT molecular complexity index is 528. The molecule has 0 saturated carbocycles. The van der Waals surface area contributed by atoms with Crippen LogP contribution in [-0.2, 0) is 6.42 Å². The normalized spacial score (nSPS) is 10.6. The molecule has 0 atom stereocenters. The average molecular weight is 265 g/mol. The van der Waals surface area contributed by atoms with Crippen molar-refractivity contribution in [3.05, 3.63) is 23.8 Å². The van der Waals surface area contributed by atoms with E-state index in [0.29, 0.717) is 11.0 Å². The first-order chi connectivity index (χ1) is 8.71. The zero-order chi connectivity index (χ0) is 13.0. The summed E-state index contributed by atoms with van der Waals surface area (Å²) in [5, 5.41) is 1.33. The summed E-state index contributed by atoms with van der Waals surface area (Å²) >= 11 is 1.35. The van der Waals surface area contributed by atoms with Crippen molar-refractivity contribution in [1.82, 2.24) is 15.0 Å². The van der Waals surface area contributed by atoms with Gasteiger partial charge in [0.2, 0.25) is 0 Å². The van der Waals surface area contributed by atoms with Crippen LogP contribution in [-0.4, -0.2) is 15.0 Å². The number of nitrogen functional groups attached to an aromatic ring is 1. The highest BCUT2D eigenvalue weighted by Gasteiger charge is 2.08. The van der Waals surface area contributed by atoms with Crippen LogP contribution in [0.3, 0.4) is 0 Å². The molecule has 0 fully saturated rings. The van der Waals surface area contributed by atoms with Crippen molar-refractivity contribution in [2.24, 2.45) is 5.84 Å². The van der Waals surface area contributed by atoms with Gasteiger partial charge in [-0.05, 0) is 25.1 Å². The van der Waals surface area contributed by atoms with Gasteiger partial charge in [0.25, 0.3) is 5.22 Å². The maximum Gasteiger partial charge on any atom is 0.262 e. The van der Waals surface area contributed by atoms with Crippen molar-refractivity contribution in [2.45, 2.75) is 36.9 Å². The molecule has 2 heterocycles. The summed E-state index contributed by atoms with van der Waals surface area (Å²) in [6.07, 6.45) is 3.41. The maximum atomic E-state index is 5.39. The van der Waals surface area contributed by atoms with Gasteiger partial charge >= 0.3 is 0 Å². The Balaban J connectivity index is 2.23. The molecule has 0 aliphatic carbocycles. The number of rotatable bonds is 5. The molecule has 2 aromatic rings. The number of aryl methyl sites for hydroxylation is 2. The average Bonchev–Trinajstić information content (AvgIpc) is 2.75. The summed E-state index contributed by atoms with van der Waals surface area (Å²) in [6.45, 7) is 3.96. The van der Waals surface area contributed by atoms with Crippen molar-refractivity contribution in [3.63, 3.8) is 0 Å². The predicted octanol–water partition coefficient (Wildman–Crippen LogP) is 2.16. The van der Waals surface area contributed by atoms with Gasteiger partial charge in [-0.3, -0.25) is 0 Å². The van der Waals surface area contributed by atoms with E-state index in [1.807, 2.05) is 6.92 Å². The van der Waals surface area contributed by atoms with E-state index < -0.39 is 0 Å². The standard InChI is InChI=1S/C11H15N5OS/c1-3-4-8-14-9(16-12)5-10(15-8)18-11-13-7(2)6-17-11/h5-6H,3-4,12H2,1-2H3,(H,14,15,16). The van der Waals surface area contributed by atoms with Crippen molar-refractivity contribution < 1.29 is 4.42 Å². The predicted molar refractivity (Wildman–Crippen MR) is 69.2 cm³/mol. The second kappa shape index (κ2) is 5.83. The molecule has 0 aliphatic heterocycles. The molecular formula is C11H15N5OS. The second-order valence-corrected chi connectivity index (χ2v) is 4.73. The minimum absolute atomic E-state index is 0.566. The molecule has 0 bridgehead atoms. The molecule has 18 heavy (non-hydrogen) atoms. The summed E-state index contributed by atoms with van der Waals surface area (Å²) in [7, 11) is 0. The summed E-state index contributed by atoms with van der Waals surface area (Å²) in [6, 6.07) is 1.77. The van der Waals surface area contributed by atoms with Gasteiger partial charge in [0.1, 0.15) is 22.9 Å². The van der Waals surface area contributed by atoms with Crippen LogP contribution in [0.4, 0.5) is 5.82 Å². The lowest BCUT2D eigenvalue weighted by Gasteiger charge is -2.05. The molecule has 0 amide bonds. The number of hydrazine groups is 1. The number of nitrogens with two attached hydrogens (primary N) is 1. The summed E-state index contributed by atoms with van der Waals surface area (Å²) in [4.78, 5) is 12.9. The Morgan fingerprint density at radius 3 is 2.83 bits per heavy atom. The lowest BCUT2D eigenvalue weighted by Crippen LogP contribution is -2.10. The molecule has 0 spiro atoms. The first-order valence-corrected chi connectivity index (χ1v) is 6.47. The second-order valence-electron chi connectivity index (χ2n) is 3.76. The summed E-state index contributed by atoms with van der Waals surface area (Å²) in [5.74, 6) is 6.75. The number of hydrogen-bond acceptors (Lipinski definition) is 7. The van der Waals surface area contributed by atoms with E-state index in [-0.39, 0.29) is 0 Å². The Kier molecular flexibility index (Phi) is 4.16. The van der Waals surface area contributed by atoms with Gasteiger partial charge in [-0.2, -0.15) is 0 Å². The van der Waals surface area contributed by atoms with E-state index >= 15 is 0 Å². The molecule has 0 saturated heterocycles. The summed E-state index contributed by atoms with van der Waals surface area (Å²) < 4.78 is 5.28. The van der Waals surface area contributed by atoms with Crippen LogP contribution in [0.15, 0.2) is 27.0 Å². The van der Waals surface area contributed by atoms with Crippen LogP contribution in [0, 0.1) is 6.92 Å². The highest BCUT2D eigenvalue weighted by molar-refractivity contribution is 7.99. The Labute approximate surface area is 109 Å². The highest BCUT2D eigenvalue weighted by atomic mass is 32.2. The smallest absolute Gasteiger partial charge is 0.262 e. The minimum atomic E-state index is 0.566. The van der Waals surface area contributed by atoms with Gasteiger partial charge in [-0.25, -0.2) is 20.8 Å². The van der Waals surface area contributed by atoms with E-state index in [1.54, 1.807) is 12.3 Å². The fourth-order valence-electron chi connectivity index (χ4n) is 1.40. The Morgan fingerprint density at radius 2 is 2.22 bits per heavy atom. The lowest BCUT2D eigenvalue weighted by molar-refractivity contribution is 0.453. The van der Waals surface area contributed by atoms with Crippen LogP contribution in [0.25, 0.3) is 0 Å². The third-order valence-electron chi connectivity index (χ3n) is 2.16. The van der Waals surface area contributed by atoms with Crippen LogP contribution < -0.4 is 11.3 Å². The molecular weight excluding hydrogens is 250 g/mol. The SMILES string of the molecule is CCCc1nc(NN)cc(Sc2nc(C)co2)n1.